The molecule has 0 aliphatic carbocycles. The van der Waals surface area contributed by atoms with Crippen LogP contribution >= 0.6 is 0 Å². The molecule has 0 radical (unpaired) electrons. The van der Waals surface area contributed by atoms with Gasteiger partial charge in [-0.1, -0.05) is 18.7 Å². The molecule has 0 aliphatic heterocycles. The lowest BCUT2D eigenvalue weighted by Crippen LogP contribution is -2.30. The first-order valence-electron chi connectivity index (χ1n) is 7.95. The summed E-state index contributed by atoms with van der Waals surface area (Å²) in [6, 6.07) is 12.6. The molecule has 2 aromatic rings. The van der Waals surface area contributed by atoms with Crippen molar-refractivity contribution in [2.75, 3.05) is 11.9 Å². The SMILES string of the molecule is C=C(C)COc1ccccc1NC(=O)C(C)Oc1ccc([N+](=O)[O-])cc1. The van der Waals surface area contributed by atoms with E-state index in [-0.39, 0.29) is 11.6 Å². The predicted molar refractivity (Wildman–Crippen MR) is 98.6 cm³/mol. The lowest BCUT2D eigenvalue weighted by molar-refractivity contribution is -0.384. The van der Waals surface area contributed by atoms with E-state index in [9.17, 15) is 14.9 Å². The molecule has 0 bridgehead atoms. The quantitative estimate of drug-likeness (QED) is 0.439. The second-order valence-corrected chi connectivity index (χ2v) is 5.74. The van der Waals surface area contributed by atoms with Crippen LogP contribution in [0, 0.1) is 10.1 Å². The van der Waals surface area contributed by atoms with E-state index in [0.717, 1.165) is 5.57 Å². The summed E-state index contributed by atoms with van der Waals surface area (Å²) in [5.74, 6) is 0.534. The van der Waals surface area contributed by atoms with Gasteiger partial charge < -0.3 is 14.8 Å². The summed E-state index contributed by atoms with van der Waals surface area (Å²) in [6.45, 7) is 7.57. The van der Waals surface area contributed by atoms with E-state index in [1.54, 1.807) is 31.2 Å². The van der Waals surface area contributed by atoms with E-state index in [1.165, 1.54) is 24.3 Å². The number of anilines is 1. The molecule has 0 saturated carbocycles. The van der Waals surface area contributed by atoms with Crippen LogP contribution in [-0.4, -0.2) is 23.5 Å². The molecular weight excluding hydrogens is 336 g/mol. The number of benzene rings is 2. The van der Waals surface area contributed by atoms with Gasteiger partial charge in [0.15, 0.2) is 6.10 Å². The van der Waals surface area contributed by atoms with Crippen molar-refractivity contribution in [1.29, 1.82) is 0 Å². The van der Waals surface area contributed by atoms with E-state index in [0.29, 0.717) is 23.8 Å². The molecule has 2 aromatic carbocycles. The summed E-state index contributed by atoms with van der Waals surface area (Å²) in [6.07, 6.45) is -0.800. The topological polar surface area (TPSA) is 90.7 Å². The predicted octanol–water partition coefficient (Wildman–Crippen LogP) is 3.96. The maximum Gasteiger partial charge on any atom is 0.269 e. The second kappa shape index (κ2) is 8.66. The van der Waals surface area contributed by atoms with E-state index in [2.05, 4.69) is 11.9 Å². The minimum Gasteiger partial charge on any atom is -0.487 e. The number of rotatable bonds is 8. The summed E-state index contributed by atoms with van der Waals surface area (Å²) < 4.78 is 11.1. The highest BCUT2D eigenvalue weighted by Gasteiger charge is 2.17. The highest BCUT2D eigenvalue weighted by Crippen LogP contribution is 2.25. The number of ether oxygens (including phenoxy) is 2. The lowest BCUT2D eigenvalue weighted by Gasteiger charge is -2.16. The first-order chi connectivity index (χ1) is 12.4. The van der Waals surface area contributed by atoms with Crippen LogP contribution in [0.15, 0.2) is 60.7 Å². The summed E-state index contributed by atoms with van der Waals surface area (Å²) in [4.78, 5) is 22.5. The largest absolute Gasteiger partial charge is 0.487 e. The van der Waals surface area contributed by atoms with Crippen LogP contribution in [0.4, 0.5) is 11.4 Å². The van der Waals surface area contributed by atoms with Gasteiger partial charge in [0.05, 0.1) is 10.6 Å². The Hall–Kier alpha value is -3.35. The van der Waals surface area contributed by atoms with E-state index < -0.39 is 11.0 Å². The Morgan fingerprint density at radius 1 is 1.23 bits per heavy atom. The number of amides is 1. The van der Waals surface area contributed by atoms with Gasteiger partial charge in [0.1, 0.15) is 18.1 Å². The Morgan fingerprint density at radius 2 is 1.88 bits per heavy atom. The van der Waals surface area contributed by atoms with Crippen molar-refractivity contribution in [2.24, 2.45) is 0 Å². The lowest BCUT2D eigenvalue weighted by atomic mass is 10.2. The van der Waals surface area contributed by atoms with Gasteiger partial charge in [0, 0.05) is 12.1 Å². The number of hydrogen-bond acceptors (Lipinski definition) is 5. The molecule has 0 spiro atoms. The Bertz CT molecular complexity index is 802. The van der Waals surface area contributed by atoms with E-state index in [4.69, 9.17) is 9.47 Å². The summed E-state index contributed by atoms with van der Waals surface area (Å²) in [5, 5.41) is 13.4. The van der Waals surface area contributed by atoms with Gasteiger partial charge in [-0.15, -0.1) is 0 Å². The van der Waals surface area contributed by atoms with E-state index >= 15 is 0 Å². The molecule has 1 amide bonds. The van der Waals surface area contributed by atoms with Gasteiger partial charge in [-0.3, -0.25) is 14.9 Å². The maximum atomic E-state index is 12.4. The molecule has 0 heterocycles. The molecule has 2 rings (SSSR count). The average molecular weight is 356 g/mol. The van der Waals surface area contributed by atoms with Crippen LogP contribution in [0.1, 0.15) is 13.8 Å². The number of carbonyl (C=O) groups excluding carboxylic acids is 1. The van der Waals surface area contributed by atoms with Gasteiger partial charge in [0.25, 0.3) is 11.6 Å². The smallest absolute Gasteiger partial charge is 0.269 e. The monoisotopic (exact) mass is 356 g/mol. The third-order valence-corrected chi connectivity index (χ3v) is 3.35. The van der Waals surface area contributed by atoms with E-state index in [1.807, 2.05) is 6.92 Å². The standard InChI is InChI=1S/C19H20N2O5/c1-13(2)12-25-18-7-5-4-6-17(18)20-19(22)14(3)26-16-10-8-15(9-11-16)21(23)24/h4-11,14H,1,12H2,2-3H3,(H,20,22). The van der Waals surface area contributed by atoms with Crippen molar-refractivity contribution < 1.29 is 19.2 Å². The first kappa shape index (κ1) is 19.0. The molecule has 0 fully saturated rings. The molecule has 7 nitrogen and oxygen atoms in total. The van der Waals surface area contributed by atoms with Gasteiger partial charge >= 0.3 is 0 Å². The Morgan fingerprint density at radius 3 is 2.50 bits per heavy atom. The van der Waals surface area contributed by atoms with Gasteiger partial charge in [-0.25, -0.2) is 0 Å². The first-order valence-corrected chi connectivity index (χ1v) is 7.95. The summed E-state index contributed by atoms with van der Waals surface area (Å²) in [7, 11) is 0. The number of nitrogens with one attached hydrogen (secondary N) is 1. The van der Waals surface area contributed by atoms with Crippen molar-refractivity contribution in [3.63, 3.8) is 0 Å². The minimum absolute atomic E-state index is 0.0435. The van der Waals surface area contributed by atoms with Crippen molar-refractivity contribution in [3.05, 3.63) is 70.8 Å². The molecule has 0 saturated heterocycles. The minimum atomic E-state index is -0.800. The van der Waals surface area contributed by atoms with Gasteiger partial charge in [-0.05, 0) is 43.7 Å². The molecule has 1 atom stereocenters. The van der Waals surface area contributed by atoms with Crippen molar-refractivity contribution >= 4 is 17.3 Å². The molecule has 0 aliphatic rings. The third-order valence-electron chi connectivity index (χ3n) is 3.35. The average Bonchev–Trinajstić information content (AvgIpc) is 2.61. The van der Waals surface area contributed by atoms with Crippen LogP contribution in [0.25, 0.3) is 0 Å². The normalized spacial score (nSPS) is 11.3. The number of nitro benzene ring substituents is 1. The Labute approximate surface area is 151 Å². The van der Waals surface area contributed by atoms with Crippen LogP contribution in [0.3, 0.4) is 0 Å². The molecule has 26 heavy (non-hydrogen) atoms. The molecule has 0 aromatic heterocycles. The van der Waals surface area contributed by atoms with Gasteiger partial charge in [-0.2, -0.15) is 0 Å². The molecule has 1 N–H and O–H groups in total. The summed E-state index contributed by atoms with van der Waals surface area (Å²) >= 11 is 0. The Kier molecular flexibility index (Phi) is 6.32. The number of para-hydroxylation sites is 2. The fourth-order valence-corrected chi connectivity index (χ4v) is 2.04. The van der Waals surface area contributed by atoms with Crippen molar-refractivity contribution in [1.82, 2.24) is 0 Å². The van der Waals surface area contributed by atoms with Crippen molar-refractivity contribution in [3.8, 4) is 11.5 Å². The number of nitro groups is 1. The molecule has 136 valence electrons. The highest BCUT2D eigenvalue weighted by atomic mass is 16.6. The Balaban J connectivity index is 2.00. The molecule has 1 unspecified atom stereocenters. The van der Waals surface area contributed by atoms with Crippen molar-refractivity contribution in [2.45, 2.75) is 20.0 Å². The number of nitrogens with zero attached hydrogens (tertiary/aromatic N) is 1. The van der Waals surface area contributed by atoms with Crippen LogP contribution in [-0.2, 0) is 4.79 Å². The zero-order chi connectivity index (χ0) is 19.1. The summed E-state index contributed by atoms with van der Waals surface area (Å²) in [5.41, 5.74) is 1.34. The zero-order valence-electron chi connectivity index (χ0n) is 14.6. The second-order valence-electron chi connectivity index (χ2n) is 5.74. The van der Waals surface area contributed by atoms with Gasteiger partial charge in [0.2, 0.25) is 0 Å². The highest BCUT2D eigenvalue weighted by molar-refractivity contribution is 5.95. The zero-order valence-corrected chi connectivity index (χ0v) is 14.6. The fraction of sp³-hybridized carbons (Fsp3) is 0.211. The number of non-ortho nitro benzene ring substituents is 1. The third kappa shape index (κ3) is 5.34. The molecule has 7 heteroatoms. The van der Waals surface area contributed by atoms with Crippen LogP contribution < -0.4 is 14.8 Å². The number of carbonyl (C=O) groups is 1. The van der Waals surface area contributed by atoms with Crippen LogP contribution in [0.5, 0.6) is 11.5 Å². The number of hydrogen-bond donors (Lipinski definition) is 1. The van der Waals surface area contributed by atoms with Crippen LogP contribution in [0.2, 0.25) is 0 Å². The maximum absolute atomic E-state index is 12.4. The fourth-order valence-electron chi connectivity index (χ4n) is 2.04. The molecular formula is C19H20N2O5.